The molecule has 4 rings (SSSR count). The van der Waals surface area contributed by atoms with Gasteiger partial charge in [0.15, 0.2) is 0 Å². The Kier molecular flexibility index (Phi) is 7.47. The number of para-hydroxylation sites is 1. The maximum Gasteiger partial charge on any atom is 0.418 e. The van der Waals surface area contributed by atoms with Crippen LogP contribution in [-0.2, 0) is 12.7 Å². The van der Waals surface area contributed by atoms with Gasteiger partial charge in [-0.1, -0.05) is 37.6 Å². The highest BCUT2D eigenvalue weighted by Crippen LogP contribution is 2.36. The van der Waals surface area contributed by atoms with Crippen LogP contribution in [0.15, 0.2) is 71.7 Å². The van der Waals surface area contributed by atoms with Crippen LogP contribution in [0, 0.1) is 0 Å². The van der Waals surface area contributed by atoms with Crippen LogP contribution in [0.3, 0.4) is 0 Å². The molecule has 4 aromatic rings. The van der Waals surface area contributed by atoms with Gasteiger partial charge in [-0.15, -0.1) is 0 Å². The Labute approximate surface area is 210 Å². The van der Waals surface area contributed by atoms with Gasteiger partial charge in [0.1, 0.15) is 17.1 Å². The maximum atomic E-state index is 13.7. The summed E-state index contributed by atoms with van der Waals surface area (Å²) in [5.74, 6) is 0.527. The number of carbonyl (C=O) groups excluding carboxylic acids is 1. The average Bonchev–Trinajstić information content (AvgIpc) is 2.88. The second kappa shape index (κ2) is 10.7. The Morgan fingerprint density at radius 3 is 2.57 bits per heavy atom. The predicted octanol–water partition coefficient (Wildman–Crippen LogP) is 6.54. The number of methoxy groups -OCH3 is 1. The second-order valence-corrected chi connectivity index (χ2v) is 8.29. The molecule has 192 valence electrons. The van der Waals surface area contributed by atoms with Crippen molar-refractivity contribution in [1.82, 2.24) is 9.55 Å². The number of urea groups is 1. The van der Waals surface area contributed by atoms with E-state index in [4.69, 9.17) is 4.74 Å². The summed E-state index contributed by atoms with van der Waals surface area (Å²) in [5, 5.41) is 5.37. The SMILES string of the molecule is CCCCn1c(=O)c(NC(=O)Nc2ccccc2C(F)(F)F)c(-c2cccc(OC)c2)c2cccnc21. The van der Waals surface area contributed by atoms with Gasteiger partial charge >= 0.3 is 12.2 Å². The third-order valence-electron chi connectivity index (χ3n) is 5.83. The monoisotopic (exact) mass is 510 g/mol. The highest BCUT2D eigenvalue weighted by Gasteiger charge is 2.33. The molecule has 2 aromatic heterocycles. The van der Waals surface area contributed by atoms with Gasteiger partial charge < -0.3 is 15.4 Å². The average molecular weight is 511 g/mol. The van der Waals surface area contributed by atoms with Crippen molar-refractivity contribution < 1.29 is 22.7 Å². The topological polar surface area (TPSA) is 85.2 Å². The van der Waals surface area contributed by atoms with Crippen LogP contribution in [-0.4, -0.2) is 22.7 Å². The number of nitrogens with one attached hydrogen (secondary N) is 2. The first-order valence-corrected chi connectivity index (χ1v) is 11.6. The molecule has 0 aliphatic rings. The first-order chi connectivity index (χ1) is 17.7. The fourth-order valence-corrected chi connectivity index (χ4v) is 4.10. The van der Waals surface area contributed by atoms with Crippen LogP contribution in [0.2, 0.25) is 0 Å². The fraction of sp³-hybridized carbons (Fsp3) is 0.222. The molecule has 0 radical (unpaired) electrons. The maximum absolute atomic E-state index is 13.7. The number of unbranched alkanes of at least 4 members (excludes halogenated alkanes) is 1. The van der Waals surface area contributed by atoms with Gasteiger partial charge in [-0.2, -0.15) is 13.2 Å². The standard InChI is InChI=1S/C27H25F3N4O3/c1-3-4-15-34-24-19(11-8-14-31-24)22(17-9-7-10-18(16-17)37-2)23(25(34)35)33-26(36)32-21-13-6-5-12-20(21)27(28,29)30/h5-14,16H,3-4,15H2,1-2H3,(H2,32,33,36). The van der Waals surface area contributed by atoms with Gasteiger partial charge in [0.2, 0.25) is 0 Å². The van der Waals surface area contributed by atoms with Crippen molar-refractivity contribution in [3.8, 4) is 16.9 Å². The highest BCUT2D eigenvalue weighted by atomic mass is 19.4. The molecule has 7 nitrogen and oxygen atoms in total. The van der Waals surface area contributed by atoms with Crippen LogP contribution < -0.4 is 20.9 Å². The number of anilines is 2. The molecule has 2 amide bonds. The number of aromatic nitrogens is 2. The van der Waals surface area contributed by atoms with Gasteiger partial charge in [0.25, 0.3) is 5.56 Å². The molecule has 0 aliphatic heterocycles. The zero-order chi connectivity index (χ0) is 26.6. The van der Waals surface area contributed by atoms with Crippen LogP contribution in [0.4, 0.5) is 29.3 Å². The number of amides is 2. The normalized spacial score (nSPS) is 11.4. The zero-order valence-corrected chi connectivity index (χ0v) is 20.2. The van der Waals surface area contributed by atoms with Crippen molar-refractivity contribution in [3.05, 3.63) is 82.8 Å². The molecule has 0 bridgehead atoms. The minimum Gasteiger partial charge on any atom is -0.497 e. The lowest BCUT2D eigenvalue weighted by Crippen LogP contribution is -2.30. The van der Waals surface area contributed by atoms with Crippen molar-refractivity contribution in [2.45, 2.75) is 32.5 Å². The lowest BCUT2D eigenvalue weighted by molar-refractivity contribution is -0.136. The molecule has 0 aliphatic carbocycles. The van der Waals surface area contributed by atoms with E-state index < -0.39 is 29.0 Å². The number of ether oxygens (including phenoxy) is 1. The third kappa shape index (κ3) is 5.42. The largest absolute Gasteiger partial charge is 0.497 e. The molecule has 0 fully saturated rings. The highest BCUT2D eigenvalue weighted by molar-refractivity contribution is 6.07. The number of aryl methyl sites for hydroxylation is 1. The van der Waals surface area contributed by atoms with Crippen molar-refractivity contribution >= 4 is 28.4 Å². The number of benzene rings is 2. The van der Waals surface area contributed by atoms with E-state index in [1.165, 1.54) is 23.8 Å². The lowest BCUT2D eigenvalue weighted by atomic mass is 10.00. The van der Waals surface area contributed by atoms with Gasteiger partial charge in [-0.25, -0.2) is 9.78 Å². The van der Waals surface area contributed by atoms with Crippen LogP contribution >= 0.6 is 0 Å². The molecule has 0 unspecified atom stereocenters. The number of alkyl halides is 3. The summed E-state index contributed by atoms with van der Waals surface area (Å²) in [4.78, 5) is 31.2. The Morgan fingerprint density at radius 2 is 1.84 bits per heavy atom. The zero-order valence-electron chi connectivity index (χ0n) is 20.2. The molecule has 2 heterocycles. The summed E-state index contributed by atoms with van der Waals surface area (Å²) in [6, 6.07) is 14.1. The number of nitrogens with zero attached hydrogens (tertiary/aromatic N) is 2. The van der Waals surface area contributed by atoms with Crippen molar-refractivity contribution in [2.75, 3.05) is 17.7 Å². The van der Waals surface area contributed by atoms with E-state index in [1.807, 2.05) is 6.92 Å². The summed E-state index contributed by atoms with van der Waals surface area (Å²) in [5.41, 5.74) is -0.622. The van der Waals surface area contributed by atoms with E-state index in [-0.39, 0.29) is 5.69 Å². The molecule has 2 aromatic carbocycles. The molecule has 37 heavy (non-hydrogen) atoms. The van der Waals surface area contributed by atoms with E-state index in [0.29, 0.717) is 40.9 Å². The van der Waals surface area contributed by atoms with Crippen LogP contribution in [0.5, 0.6) is 5.75 Å². The van der Waals surface area contributed by atoms with Gasteiger partial charge in [0.05, 0.1) is 18.4 Å². The number of carbonyl (C=O) groups is 1. The number of halogens is 3. The first kappa shape index (κ1) is 25.7. The Morgan fingerprint density at radius 1 is 1.05 bits per heavy atom. The molecule has 0 saturated carbocycles. The summed E-state index contributed by atoms with van der Waals surface area (Å²) in [6.45, 7) is 2.34. The molecular weight excluding hydrogens is 485 g/mol. The lowest BCUT2D eigenvalue weighted by Gasteiger charge is -2.19. The first-order valence-electron chi connectivity index (χ1n) is 11.6. The van der Waals surface area contributed by atoms with E-state index in [1.54, 1.807) is 42.6 Å². The summed E-state index contributed by atoms with van der Waals surface area (Å²) < 4.78 is 47.2. The van der Waals surface area contributed by atoms with Crippen molar-refractivity contribution in [1.29, 1.82) is 0 Å². The fourth-order valence-electron chi connectivity index (χ4n) is 4.10. The van der Waals surface area contributed by atoms with E-state index in [2.05, 4.69) is 15.6 Å². The number of rotatable bonds is 7. The number of hydrogen-bond acceptors (Lipinski definition) is 4. The van der Waals surface area contributed by atoms with Crippen LogP contribution in [0.1, 0.15) is 25.3 Å². The summed E-state index contributed by atoms with van der Waals surface area (Å²) in [7, 11) is 1.51. The third-order valence-corrected chi connectivity index (χ3v) is 5.83. The number of pyridine rings is 2. The minimum atomic E-state index is -4.67. The molecule has 0 saturated heterocycles. The Balaban J connectivity index is 1.88. The predicted molar refractivity (Wildman–Crippen MR) is 137 cm³/mol. The second-order valence-electron chi connectivity index (χ2n) is 8.29. The molecule has 0 atom stereocenters. The van der Waals surface area contributed by atoms with Gasteiger partial charge in [-0.3, -0.25) is 9.36 Å². The molecular formula is C27H25F3N4O3. The number of fused-ring (bicyclic) bond motifs is 1. The minimum absolute atomic E-state index is 0.0770. The van der Waals surface area contributed by atoms with Gasteiger partial charge in [0, 0.05) is 23.7 Å². The molecule has 10 heteroatoms. The molecule has 2 N–H and O–H groups in total. The Hall–Kier alpha value is -4.34. The van der Waals surface area contributed by atoms with Crippen molar-refractivity contribution in [3.63, 3.8) is 0 Å². The van der Waals surface area contributed by atoms with Crippen molar-refractivity contribution in [2.24, 2.45) is 0 Å². The van der Waals surface area contributed by atoms with Gasteiger partial charge in [-0.05, 0) is 48.4 Å². The van der Waals surface area contributed by atoms with E-state index in [9.17, 15) is 22.8 Å². The summed E-state index contributed by atoms with van der Waals surface area (Å²) in [6.07, 6.45) is -1.59. The number of hydrogen-bond donors (Lipinski definition) is 2. The van der Waals surface area contributed by atoms with Crippen LogP contribution in [0.25, 0.3) is 22.2 Å². The van der Waals surface area contributed by atoms with E-state index >= 15 is 0 Å². The smallest absolute Gasteiger partial charge is 0.418 e. The molecule has 0 spiro atoms. The quantitative estimate of drug-likeness (QED) is 0.296. The Bertz CT molecular complexity index is 1500. The summed E-state index contributed by atoms with van der Waals surface area (Å²) >= 11 is 0. The van der Waals surface area contributed by atoms with E-state index in [0.717, 1.165) is 18.6 Å².